The molecule has 72 valence electrons. The van der Waals surface area contributed by atoms with Crippen molar-refractivity contribution in [1.82, 2.24) is 0 Å². The van der Waals surface area contributed by atoms with E-state index in [0.717, 1.165) is 18.3 Å². The number of rotatable bonds is 3. The average molecular weight is 207 g/mol. The van der Waals surface area contributed by atoms with Crippen molar-refractivity contribution in [2.24, 2.45) is 5.92 Å². The first-order valence-electron chi connectivity index (χ1n) is 4.68. The molecule has 0 saturated heterocycles. The molecule has 1 aliphatic carbocycles. The van der Waals surface area contributed by atoms with Gasteiger partial charge in [0.1, 0.15) is 5.75 Å². The molecular formula is C12H11ClO. The molecule has 0 unspecified atom stereocenters. The minimum atomic E-state index is 0.603. The second-order valence-corrected chi connectivity index (χ2v) is 3.95. The van der Waals surface area contributed by atoms with Crippen LogP contribution in [0.2, 0.25) is 5.02 Å². The highest BCUT2D eigenvalue weighted by Crippen LogP contribution is 2.30. The van der Waals surface area contributed by atoms with Gasteiger partial charge in [0.05, 0.1) is 11.6 Å². The van der Waals surface area contributed by atoms with Crippen LogP contribution in [0.15, 0.2) is 18.2 Å². The summed E-state index contributed by atoms with van der Waals surface area (Å²) in [5.74, 6) is 4.09. The normalized spacial score (nSPS) is 14.9. The van der Waals surface area contributed by atoms with E-state index in [-0.39, 0.29) is 0 Å². The van der Waals surface area contributed by atoms with Crippen molar-refractivity contribution in [2.75, 3.05) is 6.61 Å². The van der Waals surface area contributed by atoms with Gasteiger partial charge in [-0.2, -0.15) is 0 Å². The Bertz CT molecular complexity index is 374. The number of hydrogen-bond acceptors (Lipinski definition) is 1. The minimum absolute atomic E-state index is 0.603. The van der Waals surface area contributed by atoms with Crippen molar-refractivity contribution >= 4 is 11.6 Å². The molecule has 2 heteroatoms. The van der Waals surface area contributed by atoms with Crippen LogP contribution < -0.4 is 4.74 Å². The van der Waals surface area contributed by atoms with Gasteiger partial charge < -0.3 is 4.74 Å². The van der Waals surface area contributed by atoms with E-state index < -0.39 is 0 Å². The molecule has 2 rings (SSSR count). The fourth-order valence-electron chi connectivity index (χ4n) is 1.20. The average Bonchev–Trinajstić information content (AvgIpc) is 3.00. The minimum Gasteiger partial charge on any atom is -0.493 e. The maximum atomic E-state index is 5.87. The van der Waals surface area contributed by atoms with Crippen molar-refractivity contribution in [2.45, 2.75) is 12.8 Å². The summed E-state index contributed by atoms with van der Waals surface area (Å²) in [6.45, 7) is 0.797. The summed E-state index contributed by atoms with van der Waals surface area (Å²) >= 11 is 5.87. The molecule has 0 heterocycles. The van der Waals surface area contributed by atoms with Crippen LogP contribution in [0.5, 0.6) is 5.75 Å². The van der Waals surface area contributed by atoms with E-state index >= 15 is 0 Å². The third-order valence-corrected chi connectivity index (χ3v) is 2.61. The van der Waals surface area contributed by atoms with Gasteiger partial charge >= 0.3 is 0 Å². The lowest BCUT2D eigenvalue weighted by atomic mass is 10.2. The van der Waals surface area contributed by atoms with Crippen LogP contribution in [0.25, 0.3) is 0 Å². The number of ether oxygens (including phenoxy) is 1. The molecule has 1 nitrogen and oxygen atoms in total. The van der Waals surface area contributed by atoms with Gasteiger partial charge in [-0.1, -0.05) is 17.5 Å². The van der Waals surface area contributed by atoms with Gasteiger partial charge in [-0.05, 0) is 37.0 Å². The number of halogens is 1. The van der Waals surface area contributed by atoms with Gasteiger partial charge in [-0.25, -0.2) is 0 Å². The zero-order valence-electron chi connectivity index (χ0n) is 7.79. The molecule has 0 bridgehead atoms. The van der Waals surface area contributed by atoms with E-state index in [4.69, 9.17) is 22.8 Å². The quantitative estimate of drug-likeness (QED) is 0.691. The summed E-state index contributed by atoms with van der Waals surface area (Å²) < 4.78 is 5.57. The van der Waals surface area contributed by atoms with Gasteiger partial charge in [0.15, 0.2) is 0 Å². The molecular weight excluding hydrogens is 196 g/mol. The summed E-state index contributed by atoms with van der Waals surface area (Å²) in [7, 11) is 0. The topological polar surface area (TPSA) is 9.23 Å². The molecule has 0 spiro atoms. The number of terminal acetylenes is 1. The molecule has 1 saturated carbocycles. The molecule has 14 heavy (non-hydrogen) atoms. The maximum absolute atomic E-state index is 5.87. The fraction of sp³-hybridized carbons (Fsp3) is 0.333. The van der Waals surface area contributed by atoms with E-state index in [0.29, 0.717) is 10.6 Å². The van der Waals surface area contributed by atoms with Gasteiger partial charge in [0, 0.05) is 5.56 Å². The van der Waals surface area contributed by atoms with Crippen LogP contribution in [0.1, 0.15) is 18.4 Å². The fourth-order valence-corrected chi connectivity index (χ4v) is 1.38. The molecule has 0 radical (unpaired) electrons. The molecule has 1 aromatic carbocycles. The SMILES string of the molecule is C#Cc1cc(OCC2CC2)ccc1Cl. The molecule has 0 N–H and O–H groups in total. The van der Waals surface area contributed by atoms with Crippen LogP contribution in [0.4, 0.5) is 0 Å². The van der Waals surface area contributed by atoms with Crippen molar-refractivity contribution in [3.8, 4) is 18.1 Å². The summed E-state index contributed by atoms with van der Waals surface area (Å²) in [5, 5.41) is 0.603. The van der Waals surface area contributed by atoms with Crippen molar-refractivity contribution in [3.63, 3.8) is 0 Å². The second kappa shape index (κ2) is 3.94. The summed E-state index contributed by atoms with van der Waals surface area (Å²) in [6, 6.07) is 5.44. The first-order chi connectivity index (χ1) is 6.79. The van der Waals surface area contributed by atoms with Gasteiger partial charge in [-0.15, -0.1) is 6.42 Å². The van der Waals surface area contributed by atoms with Crippen molar-refractivity contribution in [1.29, 1.82) is 0 Å². The Morgan fingerprint density at radius 1 is 1.50 bits per heavy atom. The Balaban J connectivity index is 2.06. The maximum Gasteiger partial charge on any atom is 0.120 e. The van der Waals surface area contributed by atoms with Crippen LogP contribution in [0, 0.1) is 18.3 Å². The van der Waals surface area contributed by atoms with E-state index in [1.165, 1.54) is 12.8 Å². The molecule has 1 aliphatic rings. The Morgan fingerprint density at radius 2 is 2.29 bits per heavy atom. The summed E-state index contributed by atoms with van der Waals surface area (Å²) in [5.41, 5.74) is 0.694. The van der Waals surface area contributed by atoms with E-state index in [2.05, 4.69) is 5.92 Å². The molecule has 0 amide bonds. The first kappa shape index (κ1) is 9.43. The van der Waals surface area contributed by atoms with Crippen molar-refractivity contribution in [3.05, 3.63) is 28.8 Å². The predicted octanol–water partition coefficient (Wildman–Crippen LogP) is 3.11. The highest BCUT2D eigenvalue weighted by Gasteiger charge is 2.21. The zero-order chi connectivity index (χ0) is 9.97. The van der Waals surface area contributed by atoms with Gasteiger partial charge in [0.2, 0.25) is 0 Å². The van der Waals surface area contributed by atoms with Gasteiger partial charge in [-0.3, -0.25) is 0 Å². The molecule has 0 aromatic heterocycles. The predicted molar refractivity (Wildman–Crippen MR) is 57.6 cm³/mol. The highest BCUT2D eigenvalue weighted by atomic mass is 35.5. The molecule has 1 fully saturated rings. The lowest BCUT2D eigenvalue weighted by molar-refractivity contribution is 0.299. The standard InChI is InChI=1S/C12H11ClO/c1-2-10-7-11(5-6-12(10)13)14-8-9-3-4-9/h1,5-7,9H,3-4,8H2. The van der Waals surface area contributed by atoms with E-state index in [1.807, 2.05) is 12.1 Å². The lowest BCUT2D eigenvalue weighted by Crippen LogP contribution is -1.98. The number of hydrogen-bond donors (Lipinski definition) is 0. The molecule has 1 aromatic rings. The zero-order valence-corrected chi connectivity index (χ0v) is 8.55. The highest BCUT2D eigenvalue weighted by molar-refractivity contribution is 6.31. The Hall–Kier alpha value is -1.13. The molecule has 0 atom stereocenters. The van der Waals surface area contributed by atoms with Crippen LogP contribution >= 0.6 is 11.6 Å². The third-order valence-electron chi connectivity index (χ3n) is 2.28. The van der Waals surface area contributed by atoms with Gasteiger partial charge in [0.25, 0.3) is 0 Å². The van der Waals surface area contributed by atoms with E-state index in [1.54, 1.807) is 6.07 Å². The Kier molecular flexibility index (Phi) is 2.65. The van der Waals surface area contributed by atoms with Crippen molar-refractivity contribution < 1.29 is 4.74 Å². The summed E-state index contributed by atoms with van der Waals surface area (Å²) in [4.78, 5) is 0. The third kappa shape index (κ3) is 2.21. The second-order valence-electron chi connectivity index (χ2n) is 3.54. The Morgan fingerprint density at radius 3 is 2.93 bits per heavy atom. The summed E-state index contributed by atoms with van der Waals surface area (Å²) in [6.07, 6.45) is 7.87. The van der Waals surface area contributed by atoms with E-state index in [9.17, 15) is 0 Å². The first-order valence-corrected chi connectivity index (χ1v) is 5.06. The van der Waals surface area contributed by atoms with Crippen LogP contribution in [0.3, 0.4) is 0 Å². The monoisotopic (exact) mass is 206 g/mol. The Labute approximate surface area is 89.0 Å². The molecule has 0 aliphatic heterocycles. The van der Waals surface area contributed by atoms with Crippen LogP contribution in [-0.4, -0.2) is 6.61 Å². The lowest BCUT2D eigenvalue weighted by Gasteiger charge is -2.05. The smallest absolute Gasteiger partial charge is 0.120 e. The number of benzene rings is 1. The van der Waals surface area contributed by atoms with Crippen LogP contribution in [-0.2, 0) is 0 Å². The largest absolute Gasteiger partial charge is 0.493 e.